The zero-order chi connectivity index (χ0) is 7.15. The number of hydrogen-bond acceptors (Lipinski definition) is 2. The second-order valence-corrected chi connectivity index (χ2v) is 0.508. The highest BCUT2D eigenvalue weighted by atomic mass is 19.3. The molecule has 0 aliphatic rings. The summed E-state index contributed by atoms with van der Waals surface area (Å²) >= 11 is 0. The van der Waals surface area contributed by atoms with E-state index in [1.54, 1.807) is 0 Å². The first-order chi connectivity index (χ1) is 3.46. The Morgan fingerprint density at radius 3 is 1.12 bits per heavy atom. The summed E-state index contributed by atoms with van der Waals surface area (Å²) in [5.41, 5.74) is 0. The van der Waals surface area contributed by atoms with Crippen molar-refractivity contribution in [3.8, 4) is 0 Å². The Morgan fingerprint density at radius 2 is 1.12 bits per heavy atom. The molecule has 4 nitrogen and oxygen atoms in total. The Bertz CT molecular complexity index is 70.0. The molecule has 0 bridgehead atoms. The molecule has 0 atom stereocenters. The highest BCUT2D eigenvalue weighted by Crippen LogP contribution is 1.70. The van der Waals surface area contributed by atoms with E-state index in [2.05, 4.69) is 0 Å². The van der Waals surface area contributed by atoms with E-state index < -0.39 is 12.4 Å². The normalized spacial score (nSPS) is 6.25. The molecule has 8 heavy (non-hydrogen) atoms. The van der Waals surface area contributed by atoms with Crippen molar-refractivity contribution in [1.29, 1.82) is 0 Å². The maximum atomic E-state index is 9.69. The molecule has 0 unspecified atom stereocenters. The van der Waals surface area contributed by atoms with Crippen molar-refractivity contribution in [2.24, 2.45) is 0 Å². The van der Waals surface area contributed by atoms with E-state index in [0.717, 1.165) is 0 Å². The summed E-state index contributed by atoms with van der Waals surface area (Å²) in [6.45, 7) is 0. The summed E-state index contributed by atoms with van der Waals surface area (Å²) in [7, 11) is 0. The van der Waals surface area contributed by atoms with Crippen molar-refractivity contribution in [1.82, 2.24) is 0 Å². The molecule has 0 aromatic rings. The lowest BCUT2D eigenvalue weighted by Gasteiger charge is -1.60. The highest BCUT2D eigenvalue weighted by Gasteiger charge is 1.78. The fourth-order valence-electron chi connectivity index (χ4n) is 0. The Balaban J connectivity index is 0. The standard InChI is InChI=1S/CF2O.CH2O3/c2*2-1(3)4/h;(H2,2,3,4). The molecule has 0 spiro atoms. The van der Waals surface area contributed by atoms with Crippen LogP contribution in [0.5, 0.6) is 0 Å². The minimum Gasteiger partial charge on any atom is -0.450 e. The summed E-state index contributed by atoms with van der Waals surface area (Å²) in [5.74, 6) is 0. The van der Waals surface area contributed by atoms with Crippen molar-refractivity contribution in [2.45, 2.75) is 0 Å². The molecule has 0 aromatic heterocycles. The van der Waals surface area contributed by atoms with Gasteiger partial charge in [0.2, 0.25) is 0 Å². The molecule has 0 aromatic carbocycles. The lowest BCUT2D eigenvalue weighted by Crippen LogP contribution is -1.81. The first-order valence-corrected chi connectivity index (χ1v) is 1.23. The van der Waals surface area contributed by atoms with Crippen LogP contribution in [-0.2, 0) is 0 Å². The Morgan fingerprint density at radius 1 is 1.12 bits per heavy atom. The summed E-state index contributed by atoms with van der Waals surface area (Å²) in [6, 6.07) is 0. The monoisotopic (exact) mass is 128 g/mol. The Labute approximate surface area is 42.4 Å². The van der Waals surface area contributed by atoms with Gasteiger partial charge in [0.1, 0.15) is 0 Å². The molecule has 48 valence electrons. The average molecular weight is 128 g/mol. The second kappa shape index (κ2) is 5.80. The molecule has 6 heteroatoms. The van der Waals surface area contributed by atoms with Crippen LogP contribution in [0.2, 0.25) is 0 Å². The third-order valence-electron chi connectivity index (χ3n) is 0. The number of carbonyl (C=O) groups is 2. The van der Waals surface area contributed by atoms with Gasteiger partial charge in [0.25, 0.3) is 0 Å². The van der Waals surface area contributed by atoms with Crippen LogP contribution >= 0.6 is 0 Å². The SMILES string of the molecule is O=C(F)F.O=C(O)O. The predicted molar refractivity (Wildman–Crippen MR) is 18.3 cm³/mol. The van der Waals surface area contributed by atoms with E-state index in [1.165, 1.54) is 0 Å². The van der Waals surface area contributed by atoms with E-state index in [9.17, 15) is 8.78 Å². The van der Waals surface area contributed by atoms with Gasteiger partial charge in [0.05, 0.1) is 0 Å². The number of halogens is 2. The predicted octanol–water partition coefficient (Wildman–Crippen LogP) is 1.27. The molecule has 0 fully saturated rings. The molecule has 2 N–H and O–H groups in total. The largest absolute Gasteiger partial charge is 0.503 e. The van der Waals surface area contributed by atoms with Gasteiger partial charge in [-0.15, -0.1) is 8.78 Å². The van der Waals surface area contributed by atoms with Gasteiger partial charge >= 0.3 is 12.4 Å². The Hall–Kier alpha value is -1.20. The van der Waals surface area contributed by atoms with Gasteiger partial charge in [-0.1, -0.05) is 0 Å². The van der Waals surface area contributed by atoms with Crippen LogP contribution in [0.15, 0.2) is 0 Å². The van der Waals surface area contributed by atoms with Crippen LogP contribution in [0.4, 0.5) is 18.4 Å². The van der Waals surface area contributed by atoms with Gasteiger partial charge in [-0.05, 0) is 0 Å². The van der Waals surface area contributed by atoms with Gasteiger partial charge in [-0.25, -0.2) is 9.59 Å². The van der Waals surface area contributed by atoms with E-state index in [1.807, 2.05) is 0 Å². The van der Waals surface area contributed by atoms with Crippen LogP contribution in [0.3, 0.4) is 0 Å². The third kappa shape index (κ3) is 48.1. The molecule has 0 saturated carbocycles. The lowest BCUT2D eigenvalue weighted by molar-refractivity contribution is 0.137. The maximum absolute atomic E-state index is 9.69. The van der Waals surface area contributed by atoms with Crippen LogP contribution in [0, 0.1) is 0 Å². The van der Waals surface area contributed by atoms with E-state index >= 15 is 0 Å². The first kappa shape index (κ1) is 9.93. The van der Waals surface area contributed by atoms with Crippen molar-refractivity contribution in [2.75, 3.05) is 0 Å². The summed E-state index contributed by atoms with van der Waals surface area (Å²) in [6.07, 6.45) is -4.67. The fraction of sp³-hybridized carbons (Fsp3) is 0. The van der Waals surface area contributed by atoms with Crippen molar-refractivity contribution >= 4 is 12.4 Å². The van der Waals surface area contributed by atoms with E-state index in [0.29, 0.717) is 0 Å². The van der Waals surface area contributed by atoms with Crippen LogP contribution < -0.4 is 0 Å². The van der Waals surface area contributed by atoms with E-state index in [4.69, 9.17) is 19.8 Å². The summed E-state index contributed by atoms with van der Waals surface area (Å²) in [4.78, 5) is 16.7. The Kier molecular flexibility index (Phi) is 7.20. The van der Waals surface area contributed by atoms with Gasteiger partial charge in [-0.3, -0.25) is 0 Å². The molecule has 0 radical (unpaired) electrons. The fourth-order valence-corrected chi connectivity index (χ4v) is 0. The van der Waals surface area contributed by atoms with E-state index in [-0.39, 0.29) is 0 Å². The molecular weight excluding hydrogens is 126 g/mol. The maximum Gasteiger partial charge on any atom is 0.503 e. The lowest BCUT2D eigenvalue weighted by atomic mass is 11.5. The number of carbonyl (C=O) groups excluding carboxylic acids is 1. The quantitative estimate of drug-likeness (QED) is 0.481. The van der Waals surface area contributed by atoms with Gasteiger partial charge in [0.15, 0.2) is 0 Å². The van der Waals surface area contributed by atoms with Crippen LogP contribution in [0.1, 0.15) is 0 Å². The molecule has 0 aliphatic heterocycles. The second-order valence-electron chi connectivity index (χ2n) is 0.508. The molecule has 0 heterocycles. The molecular formula is C2H2F2O4. The van der Waals surface area contributed by atoms with Crippen LogP contribution in [-0.4, -0.2) is 22.7 Å². The molecule has 0 amide bonds. The van der Waals surface area contributed by atoms with Gasteiger partial charge in [0, 0.05) is 0 Å². The van der Waals surface area contributed by atoms with Crippen molar-refractivity contribution < 1.29 is 28.6 Å². The zero-order valence-corrected chi connectivity index (χ0v) is 3.47. The summed E-state index contributed by atoms with van der Waals surface area (Å²) in [5, 5.41) is 13.9. The average Bonchev–Trinajstić information content (AvgIpc) is 1.25. The summed E-state index contributed by atoms with van der Waals surface area (Å²) < 4.78 is 19.4. The number of hydrogen-bond donors (Lipinski definition) is 2. The van der Waals surface area contributed by atoms with Crippen molar-refractivity contribution in [3.63, 3.8) is 0 Å². The minimum absolute atomic E-state index is 1.83. The minimum atomic E-state index is -2.83. The number of rotatable bonds is 0. The first-order valence-electron chi connectivity index (χ1n) is 1.23. The third-order valence-corrected chi connectivity index (χ3v) is 0. The molecule has 0 aliphatic carbocycles. The highest BCUT2D eigenvalue weighted by molar-refractivity contribution is 5.55. The molecule has 0 saturated heterocycles. The van der Waals surface area contributed by atoms with Crippen molar-refractivity contribution in [3.05, 3.63) is 0 Å². The van der Waals surface area contributed by atoms with Crippen LogP contribution in [0.25, 0.3) is 0 Å². The number of carboxylic acid groups (broad SMARTS) is 2. The van der Waals surface area contributed by atoms with Gasteiger partial charge < -0.3 is 10.2 Å². The van der Waals surface area contributed by atoms with Gasteiger partial charge in [-0.2, -0.15) is 0 Å². The topological polar surface area (TPSA) is 74.6 Å². The smallest absolute Gasteiger partial charge is 0.450 e. The zero-order valence-electron chi connectivity index (χ0n) is 3.47. The molecule has 0 rings (SSSR count).